The van der Waals surface area contributed by atoms with E-state index in [9.17, 15) is 0 Å². The first-order chi connectivity index (χ1) is 6.84. The summed E-state index contributed by atoms with van der Waals surface area (Å²) >= 11 is 0. The molecule has 2 aliphatic rings. The summed E-state index contributed by atoms with van der Waals surface area (Å²) in [6, 6.07) is 0. The summed E-state index contributed by atoms with van der Waals surface area (Å²) in [5.74, 6) is 0.775. The highest BCUT2D eigenvalue weighted by Gasteiger charge is 2.14. The van der Waals surface area contributed by atoms with Crippen molar-refractivity contribution >= 4 is 0 Å². The van der Waals surface area contributed by atoms with Crippen molar-refractivity contribution in [2.75, 3.05) is 19.6 Å². The molecule has 0 saturated carbocycles. The van der Waals surface area contributed by atoms with Crippen LogP contribution in [0.5, 0.6) is 0 Å². The number of allylic oxidation sites excluding steroid dienone is 3. The Morgan fingerprint density at radius 2 is 2.07 bits per heavy atom. The molecule has 1 heteroatoms. The van der Waals surface area contributed by atoms with Gasteiger partial charge in [-0.2, -0.15) is 0 Å². The van der Waals surface area contributed by atoms with Crippen LogP contribution in [0.3, 0.4) is 0 Å². The lowest BCUT2D eigenvalue weighted by atomic mass is 9.96. The summed E-state index contributed by atoms with van der Waals surface area (Å²) in [4.78, 5) is 2.63. The van der Waals surface area contributed by atoms with Crippen molar-refractivity contribution in [3.8, 4) is 0 Å². The molecule has 1 nitrogen and oxygen atoms in total. The van der Waals surface area contributed by atoms with Gasteiger partial charge in [-0.25, -0.2) is 0 Å². The molecule has 1 saturated heterocycles. The van der Waals surface area contributed by atoms with Gasteiger partial charge in [0.05, 0.1) is 0 Å². The zero-order valence-corrected chi connectivity index (χ0v) is 9.21. The van der Waals surface area contributed by atoms with E-state index in [1.807, 2.05) is 0 Å². The van der Waals surface area contributed by atoms with Gasteiger partial charge >= 0.3 is 0 Å². The fourth-order valence-electron chi connectivity index (χ4n) is 2.38. The Labute approximate surface area is 87.5 Å². The molecule has 0 radical (unpaired) electrons. The zero-order chi connectivity index (χ0) is 9.80. The zero-order valence-electron chi connectivity index (χ0n) is 9.21. The molecule has 0 N–H and O–H groups in total. The Bertz CT molecular complexity index is 234. The second-order valence-electron chi connectivity index (χ2n) is 4.66. The number of hydrogen-bond donors (Lipinski definition) is 0. The Morgan fingerprint density at radius 1 is 1.29 bits per heavy atom. The van der Waals surface area contributed by atoms with Crippen LogP contribution in [0.15, 0.2) is 23.8 Å². The SMILES string of the molecule is CC1=CCC(CN2CCCCC2)C=C1. The van der Waals surface area contributed by atoms with Gasteiger partial charge in [0.15, 0.2) is 0 Å². The van der Waals surface area contributed by atoms with E-state index >= 15 is 0 Å². The first kappa shape index (κ1) is 9.97. The normalized spacial score (nSPS) is 28.9. The largest absolute Gasteiger partial charge is 0.303 e. The van der Waals surface area contributed by atoms with Crippen LogP contribution in [0.25, 0.3) is 0 Å². The van der Waals surface area contributed by atoms with Gasteiger partial charge in [0, 0.05) is 6.54 Å². The van der Waals surface area contributed by atoms with Crippen molar-refractivity contribution in [3.63, 3.8) is 0 Å². The molecule has 1 atom stereocenters. The van der Waals surface area contributed by atoms with E-state index in [0.717, 1.165) is 5.92 Å². The van der Waals surface area contributed by atoms with Crippen LogP contribution in [0.2, 0.25) is 0 Å². The van der Waals surface area contributed by atoms with Crippen molar-refractivity contribution < 1.29 is 0 Å². The summed E-state index contributed by atoms with van der Waals surface area (Å²) in [5.41, 5.74) is 1.43. The molecule has 1 unspecified atom stereocenters. The lowest BCUT2D eigenvalue weighted by Crippen LogP contribution is -2.33. The quantitative estimate of drug-likeness (QED) is 0.648. The smallest absolute Gasteiger partial charge is 0.00474 e. The van der Waals surface area contributed by atoms with E-state index in [0.29, 0.717) is 0 Å². The third kappa shape index (κ3) is 2.71. The highest BCUT2D eigenvalue weighted by molar-refractivity contribution is 5.21. The molecule has 0 aromatic heterocycles. The van der Waals surface area contributed by atoms with Crippen molar-refractivity contribution in [3.05, 3.63) is 23.8 Å². The lowest BCUT2D eigenvalue weighted by Gasteiger charge is -2.29. The first-order valence-electron chi connectivity index (χ1n) is 5.92. The van der Waals surface area contributed by atoms with Crippen LogP contribution in [0.1, 0.15) is 32.6 Å². The highest BCUT2D eigenvalue weighted by Crippen LogP contribution is 2.19. The van der Waals surface area contributed by atoms with Gasteiger partial charge in [0.2, 0.25) is 0 Å². The number of likely N-dealkylation sites (tertiary alicyclic amines) is 1. The van der Waals surface area contributed by atoms with E-state index in [1.54, 1.807) is 0 Å². The van der Waals surface area contributed by atoms with Gasteiger partial charge in [-0.3, -0.25) is 0 Å². The Balaban J connectivity index is 1.78. The number of piperidine rings is 1. The molecule has 2 rings (SSSR count). The summed E-state index contributed by atoms with van der Waals surface area (Å²) in [5, 5.41) is 0. The van der Waals surface area contributed by atoms with Crippen LogP contribution >= 0.6 is 0 Å². The second kappa shape index (κ2) is 4.79. The van der Waals surface area contributed by atoms with Gasteiger partial charge in [0.25, 0.3) is 0 Å². The van der Waals surface area contributed by atoms with Crippen molar-refractivity contribution in [2.45, 2.75) is 32.6 Å². The summed E-state index contributed by atoms with van der Waals surface area (Å²) < 4.78 is 0. The highest BCUT2D eigenvalue weighted by atomic mass is 15.1. The molecule has 0 aromatic carbocycles. The van der Waals surface area contributed by atoms with E-state index in [-0.39, 0.29) is 0 Å². The van der Waals surface area contributed by atoms with Crippen LogP contribution < -0.4 is 0 Å². The monoisotopic (exact) mass is 191 g/mol. The average Bonchev–Trinajstić information content (AvgIpc) is 2.23. The molecule has 78 valence electrons. The predicted octanol–water partition coefficient (Wildman–Crippen LogP) is 2.99. The molecule has 0 aromatic rings. The molecule has 1 aliphatic heterocycles. The van der Waals surface area contributed by atoms with E-state index in [1.165, 1.54) is 50.9 Å². The van der Waals surface area contributed by atoms with Crippen LogP contribution in [-0.2, 0) is 0 Å². The fraction of sp³-hybridized carbons (Fsp3) is 0.692. The molecular weight excluding hydrogens is 170 g/mol. The lowest BCUT2D eigenvalue weighted by molar-refractivity contribution is 0.208. The number of rotatable bonds is 2. The van der Waals surface area contributed by atoms with Crippen molar-refractivity contribution in [2.24, 2.45) is 5.92 Å². The minimum Gasteiger partial charge on any atom is -0.303 e. The number of hydrogen-bond acceptors (Lipinski definition) is 1. The molecule has 1 aliphatic carbocycles. The summed E-state index contributed by atoms with van der Waals surface area (Å²) in [6.07, 6.45) is 12.5. The molecule has 0 bridgehead atoms. The topological polar surface area (TPSA) is 3.24 Å². The maximum Gasteiger partial charge on any atom is 0.00474 e. The third-order valence-electron chi connectivity index (χ3n) is 3.32. The van der Waals surface area contributed by atoms with Crippen LogP contribution in [0.4, 0.5) is 0 Å². The molecule has 1 heterocycles. The van der Waals surface area contributed by atoms with E-state index in [4.69, 9.17) is 0 Å². The minimum absolute atomic E-state index is 0.775. The maximum absolute atomic E-state index is 2.63. The maximum atomic E-state index is 2.63. The van der Waals surface area contributed by atoms with Gasteiger partial charge in [0.1, 0.15) is 0 Å². The van der Waals surface area contributed by atoms with Crippen LogP contribution in [0, 0.1) is 5.92 Å². The Morgan fingerprint density at radius 3 is 2.71 bits per heavy atom. The van der Waals surface area contributed by atoms with Crippen LogP contribution in [-0.4, -0.2) is 24.5 Å². The van der Waals surface area contributed by atoms with Gasteiger partial charge in [-0.05, 0) is 45.2 Å². The molecule has 0 amide bonds. The standard InChI is InChI=1S/C13H21N/c1-12-5-7-13(8-6-12)11-14-9-3-2-4-10-14/h5-7,13H,2-4,8-11H2,1H3. The van der Waals surface area contributed by atoms with Gasteiger partial charge in [-0.15, -0.1) is 0 Å². The first-order valence-corrected chi connectivity index (χ1v) is 5.92. The minimum atomic E-state index is 0.775. The molecular formula is C13H21N. The predicted molar refractivity (Wildman–Crippen MR) is 61.3 cm³/mol. The van der Waals surface area contributed by atoms with E-state index in [2.05, 4.69) is 30.1 Å². The van der Waals surface area contributed by atoms with Gasteiger partial charge in [-0.1, -0.05) is 30.2 Å². The van der Waals surface area contributed by atoms with Gasteiger partial charge < -0.3 is 4.90 Å². The summed E-state index contributed by atoms with van der Waals surface area (Å²) in [7, 11) is 0. The Hall–Kier alpha value is -0.560. The van der Waals surface area contributed by atoms with E-state index < -0.39 is 0 Å². The average molecular weight is 191 g/mol. The summed E-state index contributed by atoms with van der Waals surface area (Å²) in [6.45, 7) is 6.12. The van der Waals surface area contributed by atoms with Crippen molar-refractivity contribution in [1.82, 2.24) is 4.90 Å². The number of nitrogens with zero attached hydrogens (tertiary/aromatic N) is 1. The fourth-order valence-corrected chi connectivity index (χ4v) is 2.38. The molecule has 0 spiro atoms. The van der Waals surface area contributed by atoms with Crippen molar-refractivity contribution in [1.29, 1.82) is 0 Å². The Kier molecular flexibility index (Phi) is 3.41. The molecule has 1 fully saturated rings. The second-order valence-corrected chi connectivity index (χ2v) is 4.66. The molecule has 14 heavy (non-hydrogen) atoms. The third-order valence-corrected chi connectivity index (χ3v) is 3.32.